The molecule has 1 aromatic heterocycles. The summed E-state index contributed by atoms with van der Waals surface area (Å²) in [6.07, 6.45) is 2.17. The van der Waals surface area contributed by atoms with E-state index in [4.69, 9.17) is 10.5 Å². The Morgan fingerprint density at radius 1 is 1.00 bits per heavy atom. The first-order chi connectivity index (χ1) is 10.3. The van der Waals surface area contributed by atoms with Gasteiger partial charge in [-0.25, -0.2) is 4.39 Å². The van der Waals surface area contributed by atoms with Crippen LogP contribution in [0.5, 0.6) is 11.5 Å². The van der Waals surface area contributed by atoms with Gasteiger partial charge in [0.05, 0.1) is 5.52 Å². The topological polar surface area (TPSA) is 48.1 Å². The van der Waals surface area contributed by atoms with Gasteiger partial charge in [0.2, 0.25) is 0 Å². The minimum absolute atomic E-state index is 0.295. The predicted octanol–water partition coefficient (Wildman–Crippen LogP) is 3.67. The van der Waals surface area contributed by atoms with Crippen molar-refractivity contribution in [3.63, 3.8) is 0 Å². The number of ether oxygens (including phenoxy) is 1. The molecule has 0 spiro atoms. The fourth-order valence-electron chi connectivity index (χ4n) is 2.30. The van der Waals surface area contributed by atoms with Crippen LogP contribution in [0.3, 0.4) is 0 Å². The van der Waals surface area contributed by atoms with E-state index < -0.39 is 0 Å². The molecule has 0 aliphatic heterocycles. The van der Waals surface area contributed by atoms with Crippen molar-refractivity contribution in [1.29, 1.82) is 0 Å². The van der Waals surface area contributed by atoms with Crippen molar-refractivity contribution in [2.75, 3.05) is 6.54 Å². The zero-order chi connectivity index (χ0) is 14.7. The van der Waals surface area contributed by atoms with Crippen molar-refractivity contribution in [2.45, 2.75) is 6.42 Å². The molecule has 1 heterocycles. The second-order valence-electron chi connectivity index (χ2n) is 4.68. The Labute approximate surface area is 122 Å². The highest BCUT2D eigenvalue weighted by Crippen LogP contribution is 2.31. The molecule has 3 nitrogen and oxygen atoms in total. The van der Waals surface area contributed by atoms with Crippen LogP contribution in [0.15, 0.2) is 54.7 Å². The van der Waals surface area contributed by atoms with Crippen LogP contribution in [0, 0.1) is 5.82 Å². The first-order valence-corrected chi connectivity index (χ1v) is 6.78. The minimum Gasteiger partial charge on any atom is -0.456 e. The van der Waals surface area contributed by atoms with Crippen LogP contribution in [0.25, 0.3) is 10.9 Å². The Bertz CT molecular complexity index is 768. The highest BCUT2D eigenvalue weighted by molar-refractivity contribution is 5.85. The Balaban J connectivity index is 2.05. The molecule has 2 N–H and O–H groups in total. The Hall–Kier alpha value is -2.46. The second kappa shape index (κ2) is 5.89. The molecular weight excluding hydrogens is 267 g/mol. The number of nitrogens with two attached hydrogens (primary N) is 1. The lowest BCUT2D eigenvalue weighted by Gasteiger charge is -2.13. The molecule has 0 atom stereocenters. The summed E-state index contributed by atoms with van der Waals surface area (Å²) in [5.41, 5.74) is 6.89. The normalized spacial score (nSPS) is 10.8. The van der Waals surface area contributed by atoms with E-state index in [1.807, 2.05) is 30.3 Å². The van der Waals surface area contributed by atoms with Gasteiger partial charge in [-0.2, -0.15) is 0 Å². The molecule has 0 aliphatic carbocycles. The van der Waals surface area contributed by atoms with Crippen LogP contribution < -0.4 is 10.5 Å². The number of benzene rings is 2. The van der Waals surface area contributed by atoms with Crippen LogP contribution >= 0.6 is 0 Å². The first kappa shape index (κ1) is 13.5. The maximum Gasteiger partial charge on any atom is 0.136 e. The third-order valence-corrected chi connectivity index (χ3v) is 3.30. The van der Waals surface area contributed by atoms with Crippen molar-refractivity contribution in [2.24, 2.45) is 5.73 Å². The van der Waals surface area contributed by atoms with Gasteiger partial charge < -0.3 is 10.5 Å². The van der Waals surface area contributed by atoms with Crippen molar-refractivity contribution < 1.29 is 9.13 Å². The number of hydrogen-bond donors (Lipinski definition) is 1. The van der Waals surface area contributed by atoms with E-state index in [0.29, 0.717) is 30.0 Å². The van der Waals surface area contributed by atoms with Crippen LogP contribution in [0.2, 0.25) is 0 Å². The van der Waals surface area contributed by atoms with Gasteiger partial charge in [-0.1, -0.05) is 12.1 Å². The zero-order valence-corrected chi connectivity index (χ0v) is 11.4. The van der Waals surface area contributed by atoms with E-state index in [1.54, 1.807) is 18.3 Å². The molecule has 2 aromatic carbocycles. The highest BCUT2D eigenvalue weighted by atomic mass is 19.1. The Morgan fingerprint density at radius 3 is 2.67 bits per heavy atom. The summed E-state index contributed by atoms with van der Waals surface area (Å²) in [5, 5.41) is 0.892. The molecule has 106 valence electrons. The average Bonchev–Trinajstić information content (AvgIpc) is 2.51. The molecule has 3 rings (SSSR count). The van der Waals surface area contributed by atoms with Crippen molar-refractivity contribution >= 4 is 10.9 Å². The molecule has 0 unspecified atom stereocenters. The van der Waals surface area contributed by atoms with Crippen LogP contribution in [-0.4, -0.2) is 11.5 Å². The standard InChI is InChI=1S/C17H15FN2O/c18-14-5-1-7-16(12(14)9-10-19)21-17-8-2-6-15-13(17)4-3-11-20-15/h1-8,11H,9-10,19H2. The SMILES string of the molecule is NCCc1c(F)cccc1Oc1cccc2ncccc12. The number of pyridine rings is 1. The lowest BCUT2D eigenvalue weighted by Crippen LogP contribution is -2.06. The Kier molecular flexibility index (Phi) is 3.79. The summed E-state index contributed by atoms with van der Waals surface area (Å²) in [4.78, 5) is 4.29. The predicted molar refractivity (Wildman–Crippen MR) is 81.0 cm³/mol. The fraction of sp³-hybridized carbons (Fsp3) is 0.118. The van der Waals surface area contributed by atoms with E-state index >= 15 is 0 Å². The molecule has 21 heavy (non-hydrogen) atoms. The summed E-state index contributed by atoms with van der Waals surface area (Å²) in [5.74, 6) is 0.859. The fourth-order valence-corrected chi connectivity index (χ4v) is 2.30. The third-order valence-electron chi connectivity index (χ3n) is 3.30. The van der Waals surface area contributed by atoms with E-state index in [2.05, 4.69) is 4.98 Å². The molecular formula is C17H15FN2O. The summed E-state index contributed by atoms with van der Waals surface area (Å²) in [6.45, 7) is 0.369. The summed E-state index contributed by atoms with van der Waals surface area (Å²) in [6, 6.07) is 14.2. The smallest absolute Gasteiger partial charge is 0.136 e. The molecule has 0 radical (unpaired) electrons. The maximum atomic E-state index is 13.9. The summed E-state index contributed by atoms with van der Waals surface area (Å²) in [7, 11) is 0. The Morgan fingerprint density at radius 2 is 1.81 bits per heavy atom. The van der Waals surface area contributed by atoms with Crippen molar-refractivity contribution in [3.05, 3.63) is 66.1 Å². The number of halogens is 1. The van der Waals surface area contributed by atoms with Gasteiger partial charge in [0.25, 0.3) is 0 Å². The molecule has 4 heteroatoms. The van der Waals surface area contributed by atoms with Crippen molar-refractivity contribution in [1.82, 2.24) is 4.98 Å². The van der Waals surface area contributed by atoms with Crippen molar-refractivity contribution in [3.8, 4) is 11.5 Å². The van der Waals surface area contributed by atoms with Crippen LogP contribution in [0.4, 0.5) is 4.39 Å². The molecule has 0 amide bonds. The summed E-state index contributed by atoms with van der Waals surface area (Å²) >= 11 is 0. The van der Waals surface area contributed by atoms with E-state index in [1.165, 1.54) is 6.07 Å². The number of aromatic nitrogens is 1. The average molecular weight is 282 g/mol. The van der Waals surface area contributed by atoms with Gasteiger partial charge in [-0.05, 0) is 49.4 Å². The first-order valence-electron chi connectivity index (χ1n) is 6.78. The second-order valence-corrected chi connectivity index (χ2v) is 4.68. The third kappa shape index (κ3) is 2.71. The summed E-state index contributed by atoms with van der Waals surface area (Å²) < 4.78 is 19.8. The van der Waals surface area contributed by atoms with Crippen LogP contribution in [-0.2, 0) is 6.42 Å². The molecule has 0 saturated carbocycles. The maximum absolute atomic E-state index is 13.9. The number of nitrogens with zero attached hydrogens (tertiary/aromatic N) is 1. The van der Waals surface area contributed by atoms with Gasteiger partial charge in [-0.15, -0.1) is 0 Å². The number of hydrogen-bond acceptors (Lipinski definition) is 3. The largest absolute Gasteiger partial charge is 0.456 e. The van der Waals surface area contributed by atoms with E-state index in [9.17, 15) is 4.39 Å². The number of rotatable bonds is 4. The van der Waals surface area contributed by atoms with Gasteiger partial charge in [-0.3, -0.25) is 4.98 Å². The lowest BCUT2D eigenvalue weighted by atomic mass is 10.1. The molecule has 0 aliphatic rings. The molecule has 0 fully saturated rings. The van der Waals surface area contributed by atoms with Gasteiger partial charge in [0.15, 0.2) is 0 Å². The molecule has 0 saturated heterocycles. The zero-order valence-electron chi connectivity index (χ0n) is 11.4. The van der Waals surface area contributed by atoms with Gasteiger partial charge in [0, 0.05) is 17.1 Å². The minimum atomic E-state index is -0.295. The lowest BCUT2D eigenvalue weighted by molar-refractivity contribution is 0.472. The highest BCUT2D eigenvalue weighted by Gasteiger charge is 2.11. The molecule has 0 bridgehead atoms. The van der Waals surface area contributed by atoms with Crippen LogP contribution in [0.1, 0.15) is 5.56 Å². The van der Waals surface area contributed by atoms with E-state index in [-0.39, 0.29) is 5.82 Å². The molecule has 3 aromatic rings. The van der Waals surface area contributed by atoms with Gasteiger partial charge >= 0.3 is 0 Å². The quantitative estimate of drug-likeness (QED) is 0.794. The monoisotopic (exact) mass is 282 g/mol. The van der Waals surface area contributed by atoms with E-state index in [0.717, 1.165) is 10.9 Å². The van der Waals surface area contributed by atoms with Gasteiger partial charge in [0.1, 0.15) is 17.3 Å². The number of fused-ring (bicyclic) bond motifs is 1.